The Balaban J connectivity index is 1.66. The van der Waals surface area contributed by atoms with Crippen molar-refractivity contribution in [2.75, 3.05) is 0 Å². The summed E-state index contributed by atoms with van der Waals surface area (Å²) in [6.07, 6.45) is 0. The van der Waals surface area contributed by atoms with E-state index in [0.717, 1.165) is 9.77 Å². The molecule has 3 rings (SSSR count). The smallest absolute Gasteiger partial charge is 0.268 e. The molecule has 0 bridgehead atoms. The highest BCUT2D eigenvalue weighted by Crippen LogP contribution is 2.26. The largest absolute Gasteiger partial charge is 0.508 e. The summed E-state index contributed by atoms with van der Waals surface area (Å²) in [6.45, 7) is 0. The van der Waals surface area contributed by atoms with E-state index in [4.69, 9.17) is 4.52 Å². The van der Waals surface area contributed by atoms with Gasteiger partial charge in [-0.15, -0.1) is 23.1 Å². The van der Waals surface area contributed by atoms with Gasteiger partial charge in [0, 0.05) is 4.90 Å². The van der Waals surface area contributed by atoms with Gasteiger partial charge in [-0.25, -0.2) is 0 Å². The van der Waals surface area contributed by atoms with Crippen molar-refractivity contribution < 1.29 is 9.63 Å². The van der Waals surface area contributed by atoms with Crippen molar-refractivity contribution in [3.8, 4) is 16.5 Å². The average Bonchev–Trinajstić information content (AvgIpc) is 3.09. The van der Waals surface area contributed by atoms with E-state index in [1.165, 1.54) is 0 Å². The van der Waals surface area contributed by atoms with Crippen LogP contribution in [-0.4, -0.2) is 15.2 Å². The van der Waals surface area contributed by atoms with Crippen LogP contribution in [-0.2, 0) is 5.75 Å². The molecule has 4 nitrogen and oxygen atoms in total. The molecule has 0 amide bonds. The standard InChI is InChI=1S/C13H10N2O2S2/c16-9-3-5-10(6-4-9)19-8-12-14-13(17-15-12)11-2-1-7-18-11/h1-7,16H,8H2. The highest BCUT2D eigenvalue weighted by molar-refractivity contribution is 7.98. The van der Waals surface area contributed by atoms with Crippen molar-refractivity contribution in [2.24, 2.45) is 0 Å². The minimum Gasteiger partial charge on any atom is -0.508 e. The van der Waals surface area contributed by atoms with Crippen LogP contribution in [0.1, 0.15) is 5.82 Å². The number of benzene rings is 1. The number of rotatable bonds is 4. The molecule has 0 unspecified atom stereocenters. The van der Waals surface area contributed by atoms with Crippen LogP contribution in [0.25, 0.3) is 10.8 Å². The zero-order chi connectivity index (χ0) is 13.1. The molecule has 0 saturated carbocycles. The van der Waals surface area contributed by atoms with Crippen molar-refractivity contribution >= 4 is 23.1 Å². The first-order valence-electron chi connectivity index (χ1n) is 5.59. The molecule has 19 heavy (non-hydrogen) atoms. The number of nitrogens with zero attached hydrogens (tertiary/aromatic N) is 2. The van der Waals surface area contributed by atoms with Crippen LogP contribution in [0.4, 0.5) is 0 Å². The lowest BCUT2D eigenvalue weighted by Gasteiger charge is -1.97. The summed E-state index contributed by atoms with van der Waals surface area (Å²) >= 11 is 3.17. The van der Waals surface area contributed by atoms with Crippen LogP contribution in [0.5, 0.6) is 5.75 Å². The Kier molecular flexibility index (Phi) is 3.52. The van der Waals surface area contributed by atoms with Crippen molar-refractivity contribution in [3.05, 3.63) is 47.6 Å². The van der Waals surface area contributed by atoms with Gasteiger partial charge >= 0.3 is 0 Å². The van der Waals surface area contributed by atoms with Crippen LogP contribution in [0.2, 0.25) is 0 Å². The van der Waals surface area contributed by atoms with E-state index in [-0.39, 0.29) is 5.75 Å². The normalized spacial score (nSPS) is 10.7. The molecule has 0 atom stereocenters. The molecule has 3 aromatic rings. The average molecular weight is 290 g/mol. The Labute approximate surface area is 118 Å². The SMILES string of the molecule is Oc1ccc(SCc2noc(-c3cccs3)n2)cc1. The van der Waals surface area contributed by atoms with E-state index in [1.54, 1.807) is 35.2 Å². The number of phenols is 1. The Bertz CT molecular complexity index is 648. The molecule has 1 N–H and O–H groups in total. The first-order chi connectivity index (χ1) is 9.31. The number of hydrogen-bond acceptors (Lipinski definition) is 6. The Morgan fingerprint density at radius 3 is 2.79 bits per heavy atom. The fourth-order valence-corrected chi connectivity index (χ4v) is 2.89. The molecule has 0 aliphatic heterocycles. The first-order valence-corrected chi connectivity index (χ1v) is 7.46. The van der Waals surface area contributed by atoms with E-state index in [0.29, 0.717) is 17.5 Å². The van der Waals surface area contributed by atoms with Crippen LogP contribution in [0.15, 0.2) is 51.2 Å². The van der Waals surface area contributed by atoms with Gasteiger partial charge in [0.15, 0.2) is 5.82 Å². The lowest BCUT2D eigenvalue weighted by atomic mass is 10.3. The third-order valence-electron chi connectivity index (χ3n) is 2.40. The minimum atomic E-state index is 0.267. The quantitative estimate of drug-likeness (QED) is 0.741. The number of thioether (sulfide) groups is 1. The van der Waals surface area contributed by atoms with Gasteiger partial charge in [0.2, 0.25) is 0 Å². The van der Waals surface area contributed by atoms with Gasteiger partial charge in [-0.05, 0) is 35.7 Å². The number of phenolic OH excluding ortho intramolecular Hbond substituents is 1. The second kappa shape index (κ2) is 5.46. The predicted molar refractivity (Wildman–Crippen MR) is 75.3 cm³/mol. The van der Waals surface area contributed by atoms with Gasteiger partial charge in [0.05, 0.1) is 10.6 Å². The number of aromatic nitrogens is 2. The molecule has 0 aliphatic rings. The fraction of sp³-hybridized carbons (Fsp3) is 0.0769. The highest BCUT2D eigenvalue weighted by Gasteiger charge is 2.09. The summed E-state index contributed by atoms with van der Waals surface area (Å²) in [5.74, 6) is 2.14. The molecule has 0 saturated heterocycles. The van der Waals surface area contributed by atoms with Crippen molar-refractivity contribution in [1.29, 1.82) is 0 Å². The van der Waals surface area contributed by atoms with E-state index >= 15 is 0 Å². The molecular formula is C13H10N2O2S2. The van der Waals surface area contributed by atoms with Crippen LogP contribution in [0.3, 0.4) is 0 Å². The summed E-state index contributed by atoms with van der Waals surface area (Å²) in [5, 5.41) is 15.1. The second-order valence-corrected chi connectivity index (χ2v) is 5.77. The molecule has 2 aromatic heterocycles. The molecule has 0 radical (unpaired) electrons. The topological polar surface area (TPSA) is 59.2 Å². The number of hydrogen-bond donors (Lipinski definition) is 1. The van der Waals surface area contributed by atoms with E-state index in [2.05, 4.69) is 10.1 Å². The molecule has 96 valence electrons. The third-order valence-corrected chi connectivity index (χ3v) is 4.27. The molecule has 2 heterocycles. The van der Waals surface area contributed by atoms with Gasteiger partial charge in [-0.1, -0.05) is 11.2 Å². The highest BCUT2D eigenvalue weighted by atomic mass is 32.2. The van der Waals surface area contributed by atoms with Gasteiger partial charge in [-0.3, -0.25) is 0 Å². The summed E-state index contributed by atoms with van der Waals surface area (Å²) in [5.41, 5.74) is 0. The predicted octanol–water partition coefficient (Wildman–Crippen LogP) is 3.80. The van der Waals surface area contributed by atoms with Gasteiger partial charge in [0.25, 0.3) is 5.89 Å². The third kappa shape index (κ3) is 2.97. The summed E-state index contributed by atoms with van der Waals surface area (Å²) < 4.78 is 5.21. The number of aromatic hydroxyl groups is 1. The Morgan fingerprint density at radius 1 is 1.21 bits per heavy atom. The summed E-state index contributed by atoms with van der Waals surface area (Å²) in [4.78, 5) is 6.38. The van der Waals surface area contributed by atoms with E-state index < -0.39 is 0 Å². The van der Waals surface area contributed by atoms with Gasteiger partial charge in [-0.2, -0.15) is 4.98 Å². The molecule has 0 aliphatic carbocycles. The maximum atomic E-state index is 9.20. The molecule has 6 heteroatoms. The Morgan fingerprint density at radius 2 is 2.05 bits per heavy atom. The maximum Gasteiger partial charge on any atom is 0.268 e. The number of thiophene rings is 1. The lowest BCUT2D eigenvalue weighted by molar-refractivity contribution is 0.426. The minimum absolute atomic E-state index is 0.267. The molecule has 1 aromatic carbocycles. The van der Waals surface area contributed by atoms with Crippen LogP contribution in [0, 0.1) is 0 Å². The molecule has 0 fully saturated rings. The van der Waals surface area contributed by atoms with Gasteiger partial charge in [0.1, 0.15) is 5.75 Å². The Hall–Kier alpha value is -1.79. The van der Waals surface area contributed by atoms with Crippen molar-refractivity contribution in [3.63, 3.8) is 0 Å². The first kappa shape index (κ1) is 12.3. The second-order valence-electron chi connectivity index (χ2n) is 3.78. The monoisotopic (exact) mass is 290 g/mol. The fourth-order valence-electron chi connectivity index (χ4n) is 1.50. The molecular weight excluding hydrogens is 280 g/mol. The summed E-state index contributed by atoms with van der Waals surface area (Å²) in [6, 6.07) is 11.0. The van der Waals surface area contributed by atoms with Crippen molar-refractivity contribution in [2.45, 2.75) is 10.6 Å². The van der Waals surface area contributed by atoms with Crippen LogP contribution < -0.4 is 0 Å². The van der Waals surface area contributed by atoms with Crippen molar-refractivity contribution in [1.82, 2.24) is 10.1 Å². The zero-order valence-corrected chi connectivity index (χ0v) is 11.4. The maximum absolute atomic E-state index is 9.20. The van der Waals surface area contributed by atoms with E-state index in [1.807, 2.05) is 29.6 Å². The molecule has 0 spiro atoms. The van der Waals surface area contributed by atoms with E-state index in [9.17, 15) is 5.11 Å². The summed E-state index contributed by atoms with van der Waals surface area (Å²) in [7, 11) is 0. The zero-order valence-electron chi connectivity index (χ0n) is 9.81. The van der Waals surface area contributed by atoms with Crippen LogP contribution >= 0.6 is 23.1 Å². The lowest BCUT2D eigenvalue weighted by Crippen LogP contribution is -1.83. The van der Waals surface area contributed by atoms with Gasteiger partial charge < -0.3 is 9.63 Å².